The van der Waals surface area contributed by atoms with Gasteiger partial charge in [-0.05, 0) is 64.7 Å². The number of aliphatic hydroxyl groups excluding tert-OH is 1. The molecule has 5 rings (SSSR count). The number of hydrogen-bond donors (Lipinski definition) is 3. The first kappa shape index (κ1) is 53.8. The Morgan fingerprint density at radius 1 is 1.10 bits per heavy atom. The van der Waals surface area contributed by atoms with Crippen LogP contribution in [0.15, 0.2) is 35.9 Å². The molecule has 0 aliphatic carbocycles. The summed E-state index contributed by atoms with van der Waals surface area (Å²) in [5, 5.41) is 27.1. The number of likely N-dealkylation sites (N-methyl/N-ethyl adjacent to an activating group) is 1. The summed E-state index contributed by atoms with van der Waals surface area (Å²) >= 11 is 6.75. The number of rotatable bonds is 16. The van der Waals surface area contributed by atoms with Gasteiger partial charge in [-0.1, -0.05) is 63.9 Å². The van der Waals surface area contributed by atoms with Crippen LogP contribution >= 0.6 is 33.2 Å². The van der Waals surface area contributed by atoms with Gasteiger partial charge in [-0.15, -0.1) is 5.06 Å². The summed E-state index contributed by atoms with van der Waals surface area (Å²) < 4.78 is 22.8. The van der Waals surface area contributed by atoms with Crippen molar-refractivity contribution in [2.24, 2.45) is 5.92 Å². The highest BCUT2D eigenvalue weighted by molar-refractivity contribution is 8.77. The Kier molecular flexibility index (Phi) is 18.1. The molecule has 0 spiro atoms. The number of ether oxygens (including phenoxy) is 4. The van der Waals surface area contributed by atoms with Gasteiger partial charge in [-0.25, -0.2) is 9.59 Å². The average molecular weight is 996 g/mol. The van der Waals surface area contributed by atoms with Crippen molar-refractivity contribution in [1.82, 2.24) is 15.3 Å². The molecule has 0 saturated carbocycles. The predicted molar refractivity (Wildman–Crippen MR) is 251 cm³/mol. The fourth-order valence-electron chi connectivity index (χ4n) is 8.34. The first-order valence-electron chi connectivity index (χ1n) is 22.2. The van der Waals surface area contributed by atoms with Crippen molar-refractivity contribution in [3.05, 3.63) is 46.5 Å². The Bertz CT molecular complexity index is 2120. The second kappa shape index (κ2) is 22.5. The second-order valence-corrected chi connectivity index (χ2v) is 21.7. The van der Waals surface area contributed by atoms with Crippen LogP contribution in [-0.2, 0) is 54.2 Å². The fraction of sp³-hybridized carbons (Fsp3) is 0.630. The number of imide groups is 1. The summed E-state index contributed by atoms with van der Waals surface area (Å²) in [6.45, 7) is 9.13. The molecule has 4 heterocycles. The average Bonchev–Trinajstić information content (AvgIpc) is 3.92. The highest BCUT2D eigenvalue weighted by Gasteiger charge is 2.66. The van der Waals surface area contributed by atoms with Crippen molar-refractivity contribution in [2.45, 2.75) is 145 Å². The van der Waals surface area contributed by atoms with Crippen LogP contribution < -0.4 is 15.0 Å². The van der Waals surface area contributed by atoms with Crippen LogP contribution in [0.25, 0.3) is 0 Å². The molecule has 21 heteroatoms. The van der Waals surface area contributed by atoms with Gasteiger partial charge in [0.25, 0.3) is 11.8 Å². The zero-order valence-electron chi connectivity index (χ0n) is 39.5. The molecular weight excluding hydrogens is 932 g/mol. The topological polar surface area (TPSA) is 231 Å². The first-order valence-corrected chi connectivity index (χ1v) is 24.9. The normalized spacial score (nSPS) is 28.7. The van der Waals surface area contributed by atoms with Crippen LogP contribution in [0.1, 0.15) is 98.0 Å². The Balaban J connectivity index is 1.29. The molecule has 4 bridgehead atoms. The second-order valence-electron chi connectivity index (χ2n) is 18.2. The Hall–Kier alpha value is -4.18. The molecule has 3 N–H and O–H groups in total. The van der Waals surface area contributed by atoms with Gasteiger partial charge in [-0.2, -0.15) is 0 Å². The maximum absolute atomic E-state index is 14.2. The van der Waals surface area contributed by atoms with E-state index in [0.29, 0.717) is 41.5 Å². The Morgan fingerprint density at radius 2 is 1.79 bits per heavy atom. The summed E-state index contributed by atoms with van der Waals surface area (Å²) in [6.07, 6.45) is 0.162. The lowest BCUT2D eigenvalue weighted by Crippen LogP contribution is -2.63. The molecule has 0 aromatic heterocycles. The van der Waals surface area contributed by atoms with E-state index in [9.17, 15) is 43.8 Å². The molecular formula is C46H63ClN4O14S2. The number of methoxy groups -OCH3 is 2. The molecule has 3 saturated heterocycles. The van der Waals surface area contributed by atoms with E-state index in [0.717, 1.165) is 11.1 Å². The number of hydroxylamine groups is 2. The molecule has 1 aromatic carbocycles. The number of anilines is 1. The number of halogens is 1. The number of benzene rings is 1. The monoisotopic (exact) mass is 994 g/mol. The van der Waals surface area contributed by atoms with E-state index < -0.39 is 96.1 Å². The number of carbonyl (C=O) groups is 7. The van der Waals surface area contributed by atoms with E-state index in [2.05, 4.69) is 5.32 Å². The van der Waals surface area contributed by atoms with Crippen LogP contribution in [0.4, 0.5) is 10.5 Å². The number of hydrogen-bond acceptors (Lipinski definition) is 16. The van der Waals surface area contributed by atoms with Gasteiger partial charge < -0.3 is 43.8 Å². The number of Topliss-reactive ketones (excluding diaryl/α,β-unsaturated/α-hetero) is 1. The summed E-state index contributed by atoms with van der Waals surface area (Å²) in [6, 6.07) is 2.54. The van der Waals surface area contributed by atoms with E-state index in [4.69, 9.17) is 35.4 Å². The van der Waals surface area contributed by atoms with E-state index in [-0.39, 0.29) is 47.8 Å². The van der Waals surface area contributed by atoms with Crippen molar-refractivity contribution >= 4 is 80.4 Å². The largest absolute Gasteiger partial charge is 0.495 e. The van der Waals surface area contributed by atoms with Gasteiger partial charge >= 0.3 is 12.1 Å². The zero-order chi connectivity index (χ0) is 49.6. The maximum Gasteiger partial charge on any atom is 0.409 e. The van der Waals surface area contributed by atoms with E-state index in [1.54, 1.807) is 38.1 Å². The van der Waals surface area contributed by atoms with Crippen LogP contribution in [0.3, 0.4) is 0 Å². The van der Waals surface area contributed by atoms with Gasteiger partial charge in [0.05, 0.1) is 37.5 Å². The van der Waals surface area contributed by atoms with Gasteiger partial charge in [0.1, 0.15) is 28.6 Å². The number of epoxide rings is 1. The minimum absolute atomic E-state index is 0.0207. The van der Waals surface area contributed by atoms with Crippen molar-refractivity contribution in [3.8, 4) is 5.75 Å². The van der Waals surface area contributed by atoms with Gasteiger partial charge in [0, 0.05) is 76.1 Å². The molecule has 5 amide bonds. The third kappa shape index (κ3) is 13.1. The predicted octanol–water partition coefficient (Wildman–Crippen LogP) is 5.23. The van der Waals surface area contributed by atoms with Gasteiger partial charge in [0.15, 0.2) is 11.5 Å². The Morgan fingerprint density at radius 3 is 2.45 bits per heavy atom. The number of aliphatic hydroxyl groups is 2. The number of carbonyl (C=O) groups excluding carboxylic acids is 7. The summed E-state index contributed by atoms with van der Waals surface area (Å²) in [5.74, 6) is -2.85. The summed E-state index contributed by atoms with van der Waals surface area (Å²) in [4.78, 5) is 98.0. The molecule has 5 unspecified atom stereocenters. The van der Waals surface area contributed by atoms with E-state index >= 15 is 0 Å². The van der Waals surface area contributed by atoms with Crippen LogP contribution in [0.2, 0.25) is 5.02 Å². The van der Waals surface area contributed by atoms with Crippen molar-refractivity contribution < 1.29 is 67.6 Å². The highest BCUT2D eigenvalue weighted by Crippen LogP contribution is 2.51. The fourth-order valence-corrected chi connectivity index (χ4v) is 11.3. The number of alkyl carbamates (subject to hydrolysis) is 1. The first-order chi connectivity index (χ1) is 31.4. The third-order valence-corrected chi connectivity index (χ3v) is 16.5. The minimum Gasteiger partial charge on any atom is -0.495 e. The number of amides is 5. The number of ketones is 1. The molecule has 4 aliphatic heterocycles. The molecule has 1 aromatic rings. The number of nitrogens with zero attached hydrogens (tertiary/aromatic N) is 3. The third-order valence-electron chi connectivity index (χ3n) is 12.7. The number of fused-ring (bicyclic) bond motifs is 5. The lowest BCUT2D eigenvalue weighted by molar-refractivity contribution is -0.197. The lowest BCUT2D eigenvalue weighted by atomic mass is 9.80. The molecule has 370 valence electrons. The van der Waals surface area contributed by atoms with Crippen molar-refractivity contribution in [1.29, 1.82) is 0 Å². The highest BCUT2D eigenvalue weighted by atomic mass is 35.5. The minimum atomic E-state index is -1.92. The molecule has 3 fully saturated rings. The molecule has 18 nitrogen and oxygen atoms in total. The maximum atomic E-state index is 14.2. The van der Waals surface area contributed by atoms with Crippen molar-refractivity contribution in [3.63, 3.8) is 0 Å². The quantitative estimate of drug-likeness (QED) is 0.0833. The molecule has 67 heavy (non-hydrogen) atoms. The van der Waals surface area contributed by atoms with Crippen LogP contribution in [0, 0.1) is 5.92 Å². The van der Waals surface area contributed by atoms with Crippen LogP contribution in [-0.4, -0.2) is 142 Å². The number of allylic oxidation sites excluding steroid dienone is 3. The van der Waals surface area contributed by atoms with Crippen molar-refractivity contribution in [2.75, 3.05) is 39.0 Å². The summed E-state index contributed by atoms with van der Waals surface area (Å²) in [7, 11) is 8.95. The van der Waals surface area contributed by atoms with Gasteiger partial charge in [0.2, 0.25) is 11.8 Å². The summed E-state index contributed by atoms with van der Waals surface area (Å²) in [5.41, 5.74) is -1.58. The number of nitrogens with one attached hydrogen (secondary N) is 1. The Labute approximate surface area is 404 Å². The van der Waals surface area contributed by atoms with E-state index in [1.807, 2.05) is 26.8 Å². The zero-order valence-corrected chi connectivity index (χ0v) is 41.8. The SMILES string of the molecule is COc1cc2cc(c1Cl)N(C)C(=O)CC(O)[C@@]1(CC(=O)[C@H](C)N(C)C(=O)CCC(C)(C)SSCCCC(=O)ON3C(=O)CCC3=O)O[C@@H]1C(C)C1CC(O)(NC(=O)O1)C(OC)/C=C/C=C(\C)C2. The smallest absolute Gasteiger partial charge is 0.409 e. The molecule has 4 aliphatic rings. The molecule has 0 radical (unpaired) electrons. The van der Waals surface area contributed by atoms with Crippen LogP contribution in [0.5, 0.6) is 5.75 Å². The van der Waals surface area contributed by atoms with Gasteiger partial charge in [-0.3, -0.25) is 29.3 Å². The van der Waals surface area contributed by atoms with E-state index in [1.165, 1.54) is 59.7 Å². The molecule has 8 atom stereocenters. The standard InChI is InChI=1S/C46H63ClN4O14S2/c1-26-12-10-13-35(62-9)46(60)25-33(63-43(59)48-46)27(2)42-45(64-42,34(53)23-39(57)50(7)30-21-29(20-26)22-32(61-8)41(30)47)24-31(52)28(3)49(6)36(54)17-18-44(4,5)67-66-19-11-14-40(58)65-51-37(55)15-16-38(51)56/h10,12-13,21-22,27-28,33-35,42,53,60H,11,14-20,23-25H2,1-9H3,(H,48,59)/b13-10+,26-12+/t27?,28-,33?,34?,35?,42+,45+,46?/m0/s1. The lowest BCUT2D eigenvalue weighted by Gasteiger charge is -2.42.